The molecule has 0 spiro atoms. The highest BCUT2D eigenvalue weighted by molar-refractivity contribution is 6.43. The number of fused-ring (bicyclic) bond motifs is 8. The van der Waals surface area contributed by atoms with Crippen LogP contribution in [0.4, 0.5) is 0 Å². The summed E-state index contributed by atoms with van der Waals surface area (Å²) in [6.45, 7) is 17.1. The molecule has 13 heteroatoms. The van der Waals surface area contributed by atoms with Crippen molar-refractivity contribution in [1.29, 1.82) is 0 Å². The molecule has 0 unspecified atom stereocenters. The SMILES string of the molecule is C=Cc1c(C)c2cc3[nH]c(cc4nc(cc5nc(cc1[nH]2)C(C)=C5CCC(=O)NCC(=O)CCC(=O)C(=O)c1ccccc1)C(CCC(=O)NCC(=O)CCC(C)=O)=C4C)c(C)c3C=C. The number of hydrogen-bond donors (Lipinski definition) is 4. The maximum atomic E-state index is 13.3. The van der Waals surface area contributed by atoms with Crippen molar-refractivity contribution in [2.45, 2.75) is 86.0 Å². The summed E-state index contributed by atoms with van der Waals surface area (Å²) in [5.74, 6) is -2.70. The zero-order valence-electron chi connectivity index (χ0n) is 37.6. The van der Waals surface area contributed by atoms with Gasteiger partial charge in [0.1, 0.15) is 5.78 Å². The summed E-state index contributed by atoms with van der Waals surface area (Å²) >= 11 is 0. The van der Waals surface area contributed by atoms with Crippen LogP contribution in [-0.2, 0) is 28.8 Å². The van der Waals surface area contributed by atoms with Crippen molar-refractivity contribution in [3.63, 3.8) is 0 Å². The number of amides is 2. The summed E-state index contributed by atoms with van der Waals surface area (Å²) in [5, 5.41) is 5.36. The van der Waals surface area contributed by atoms with E-state index in [0.29, 0.717) is 29.2 Å². The second kappa shape index (κ2) is 20.8. The third-order valence-electron chi connectivity index (χ3n) is 11.9. The van der Waals surface area contributed by atoms with Crippen LogP contribution in [0.2, 0.25) is 0 Å². The molecule has 6 rings (SSSR count). The monoisotopic (exact) mass is 874 g/mol. The van der Waals surface area contributed by atoms with E-state index >= 15 is 0 Å². The number of nitrogens with one attached hydrogen (secondary N) is 4. The number of aromatic amines is 2. The number of carbonyl (C=O) groups is 7. The lowest BCUT2D eigenvalue weighted by Crippen LogP contribution is -2.29. The second-order valence-corrected chi connectivity index (χ2v) is 16.4. The van der Waals surface area contributed by atoms with Crippen LogP contribution in [-0.4, -0.2) is 73.8 Å². The highest BCUT2D eigenvalue weighted by atomic mass is 16.2. The van der Waals surface area contributed by atoms with Crippen LogP contribution in [0.1, 0.15) is 128 Å². The zero-order valence-corrected chi connectivity index (χ0v) is 37.6. The Bertz CT molecular complexity index is 2890. The molecular weight excluding hydrogens is 821 g/mol. The van der Waals surface area contributed by atoms with Gasteiger partial charge in [-0.2, -0.15) is 0 Å². The fourth-order valence-electron chi connectivity index (χ4n) is 7.96. The summed E-state index contributed by atoms with van der Waals surface area (Å²) in [5.41, 5.74) is 13.2. The molecule has 5 heterocycles. The molecule has 0 radical (unpaired) electrons. The Labute approximate surface area is 377 Å². The molecule has 2 amide bonds. The molecule has 0 saturated heterocycles. The first-order valence-electron chi connectivity index (χ1n) is 21.7. The Morgan fingerprint density at radius 2 is 1.03 bits per heavy atom. The molecule has 4 aromatic rings. The number of aromatic nitrogens is 4. The van der Waals surface area contributed by atoms with Crippen LogP contribution in [0.5, 0.6) is 0 Å². The van der Waals surface area contributed by atoms with Crippen LogP contribution >= 0.6 is 0 Å². The van der Waals surface area contributed by atoms with Crippen LogP contribution in [0.25, 0.3) is 56.5 Å². The van der Waals surface area contributed by atoms with Crippen molar-refractivity contribution in [3.05, 3.63) is 118 Å². The number of hydrogen-bond acceptors (Lipinski definition) is 9. The number of H-pyrrole nitrogens is 2. The van der Waals surface area contributed by atoms with Gasteiger partial charge in [-0.1, -0.05) is 55.6 Å². The first kappa shape index (κ1) is 47.1. The summed E-state index contributed by atoms with van der Waals surface area (Å²) in [6.07, 6.45) is 4.05. The predicted molar refractivity (Wildman–Crippen MR) is 255 cm³/mol. The fraction of sp³-hybridized carbons (Fsp3) is 0.288. The van der Waals surface area contributed by atoms with Crippen LogP contribution < -0.4 is 10.6 Å². The number of benzene rings is 1. The molecular formula is C52H54N6O7. The molecule has 0 atom stereocenters. The Morgan fingerprint density at radius 1 is 0.569 bits per heavy atom. The Balaban J connectivity index is 1.32. The van der Waals surface area contributed by atoms with Crippen molar-refractivity contribution >= 4 is 97.2 Å². The topological polar surface area (TPSA) is 201 Å². The van der Waals surface area contributed by atoms with Crippen molar-refractivity contribution < 1.29 is 33.6 Å². The first-order valence-corrected chi connectivity index (χ1v) is 21.7. The minimum absolute atomic E-state index is 0.0225. The van der Waals surface area contributed by atoms with Crippen LogP contribution in [0, 0.1) is 13.8 Å². The van der Waals surface area contributed by atoms with E-state index in [2.05, 4.69) is 33.8 Å². The minimum atomic E-state index is -0.668. The van der Waals surface area contributed by atoms with E-state index in [4.69, 9.17) is 9.97 Å². The van der Waals surface area contributed by atoms with Gasteiger partial charge in [-0.3, -0.25) is 28.8 Å². The number of rotatable bonds is 20. The van der Waals surface area contributed by atoms with Gasteiger partial charge in [0.15, 0.2) is 11.6 Å². The molecule has 2 aliphatic heterocycles. The van der Waals surface area contributed by atoms with Crippen molar-refractivity contribution in [2.75, 3.05) is 13.1 Å². The lowest BCUT2D eigenvalue weighted by atomic mass is 9.98. The highest BCUT2D eigenvalue weighted by Gasteiger charge is 2.24. The minimum Gasteiger partial charge on any atom is -0.355 e. The van der Waals surface area contributed by atoms with Gasteiger partial charge in [-0.15, -0.1) is 0 Å². The van der Waals surface area contributed by atoms with E-state index in [1.54, 1.807) is 36.4 Å². The zero-order chi connectivity index (χ0) is 46.9. The maximum Gasteiger partial charge on any atom is 0.228 e. The number of ketones is 5. The Morgan fingerprint density at radius 3 is 1.52 bits per heavy atom. The standard InChI is InChI=1S/C52H54N6O7/c1-8-37-30(4)41-23-42-32(6)39(18-21-50(63)53-27-35(60)16-15-29(3)59)47(57-42)26-48-40(33(7)44(58-48)25-46-38(9-2)31(5)43(56-46)24-45(37)55-41)19-22-51(64)54-28-36(61)17-20-49(62)52(65)34-13-11-10-12-14-34/h8-14,23-26,55-56H,1-2,15-22,27-28H2,3-7H3,(H,53,63)(H,54,64). The molecule has 2 aliphatic rings. The Hall–Kier alpha value is -7.41. The lowest BCUT2D eigenvalue weighted by molar-refractivity contribution is -0.126. The summed E-state index contributed by atoms with van der Waals surface area (Å²) in [6, 6.07) is 16.0. The van der Waals surface area contributed by atoms with Gasteiger partial charge in [0, 0.05) is 77.3 Å². The summed E-state index contributed by atoms with van der Waals surface area (Å²) in [7, 11) is 0. The van der Waals surface area contributed by atoms with Crippen LogP contribution in [0.3, 0.4) is 0 Å². The quantitative estimate of drug-likeness (QED) is 0.0496. The highest BCUT2D eigenvalue weighted by Crippen LogP contribution is 2.38. The fourth-order valence-corrected chi connectivity index (χ4v) is 7.96. The molecule has 8 bridgehead atoms. The van der Waals surface area contributed by atoms with E-state index in [9.17, 15) is 33.6 Å². The summed E-state index contributed by atoms with van der Waals surface area (Å²) in [4.78, 5) is 105. The average Bonchev–Trinajstić information content (AvgIpc) is 3.96. The third-order valence-corrected chi connectivity index (χ3v) is 11.9. The van der Waals surface area contributed by atoms with E-state index in [-0.39, 0.29) is 92.8 Å². The van der Waals surface area contributed by atoms with Gasteiger partial charge in [0.25, 0.3) is 0 Å². The van der Waals surface area contributed by atoms with E-state index < -0.39 is 11.6 Å². The van der Waals surface area contributed by atoms with E-state index in [1.807, 2.05) is 58.0 Å². The molecule has 13 nitrogen and oxygen atoms in total. The van der Waals surface area contributed by atoms with Crippen molar-refractivity contribution in [3.8, 4) is 0 Å². The van der Waals surface area contributed by atoms with E-state index in [1.165, 1.54) is 6.92 Å². The average molecular weight is 875 g/mol. The van der Waals surface area contributed by atoms with Gasteiger partial charge in [0.2, 0.25) is 23.4 Å². The number of Topliss-reactive ketones (excluding diaryl/α,β-unsaturated/α-hetero) is 5. The number of carbonyl (C=O) groups excluding carboxylic acids is 7. The predicted octanol–water partition coefficient (Wildman–Crippen LogP) is 8.61. The molecule has 1 aromatic carbocycles. The molecule has 334 valence electrons. The normalized spacial score (nSPS) is 12.2. The molecule has 0 aliphatic carbocycles. The van der Waals surface area contributed by atoms with Gasteiger partial charge < -0.3 is 25.4 Å². The van der Waals surface area contributed by atoms with Gasteiger partial charge >= 0.3 is 0 Å². The molecule has 3 aromatic heterocycles. The second-order valence-electron chi connectivity index (χ2n) is 16.4. The Kier molecular flexibility index (Phi) is 15.1. The van der Waals surface area contributed by atoms with Crippen LogP contribution in [0.15, 0.2) is 67.8 Å². The molecule has 65 heavy (non-hydrogen) atoms. The van der Waals surface area contributed by atoms with Gasteiger partial charge in [-0.25, -0.2) is 9.97 Å². The van der Waals surface area contributed by atoms with Crippen molar-refractivity contribution in [2.24, 2.45) is 0 Å². The molecule has 4 N–H and O–H groups in total. The molecule has 0 fully saturated rings. The van der Waals surface area contributed by atoms with Gasteiger partial charge in [0.05, 0.1) is 35.9 Å². The van der Waals surface area contributed by atoms with Crippen molar-refractivity contribution in [1.82, 2.24) is 30.6 Å². The third kappa shape index (κ3) is 11.2. The number of allylic oxidation sites excluding steroid dienone is 4. The maximum absolute atomic E-state index is 13.3. The number of nitrogens with zero attached hydrogens (tertiary/aromatic N) is 2. The van der Waals surface area contributed by atoms with Gasteiger partial charge in [-0.05, 0) is 105 Å². The smallest absolute Gasteiger partial charge is 0.228 e. The molecule has 0 saturated carbocycles. The first-order chi connectivity index (χ1) is 31.1. The largest absolute Gasteiger partial charge is 0.355 e. The lowest BCUT2D eigenvalue weighted by Gasteiger charge is -2.08. The summed E-state index contributed by atoms with van der Waals surface area (Å²) < 4.78 is 0. The van der Waals surface area contributed by atoms with E-state index in [0.717, 1.165) is 66.6 Å². The number of aryl methyl sites for hydroxylation is 2.